The lowest BCUT2D eigenvalue weighted by atomic mass is 10.2. The highest BCUT2D eigenvalue weighted by molar-refractivity contribution is 5.76. The van der Waals surface area contributed by atoms with Crippen LogP contribution in [0.25, 0.3) is 10.9 Å². The minimum absolute atomic E-state index is 0.339. The minimum Gasteiger partial charge on any atom is -0.372 e. The fraction of sp³-hybridized carbons (Fsp3) is 0.0714. The Morgan fingerprint density at radius 2 is 1.89 bits per heavy atom. The molecule has 0 spiro atoms. The van der Waals surface area contributed by atoms with Crippen molar-refractivity contribution in [3.8, 4) is 0 Å². The van der Waals surface area contributed by atoms with Crippen LogP contribution >= 0.6 is 0 Å². The minimum atomic E-state index is -0.672. The van der Waals surface area contributed by atoms with E-state index in [2.05, 4.69) is 4.98 Å². The number of nitrogens with zero attached hydrogens (tertiary/aromatic N) is 2. The van der Waals surface area contributed by atoms with E-state index >= 15 is 0 Å². The summed E-state index contributed by atoms with van der Waals surface area (Å²) in [5.41, 5.74) is 0.794. The number of fused-ring (bicyclic) bond motifs is 1. The zero-order chi connectivity index (χ0) is 13.2. The molecule has 0 N–H and O–H groups in total. The molecule has 3 rings (SSSR count). The maximum atomic E-state index is 11.8. The van der Waals surface area contributed by atoms with E-state index in [1.165, 1.54) is 17.0 Å². The predicted octanol–water partition coefficient (Wildman–Crippen LogP) is 1.40. The topological polar surface area (TPSA) is 65.1 Å². The molecular formula is C14H10N2O3. The van der Waals surface area contributed by atoms with Crippen LogP contribution in [0.5, 0.6) is 0 Å². The van der Waals surface area contributed by atoms with Crippen molar-refractivity contribution in [2.24, 2.45) is 0 Å². The van der Waals surface area contributed by atoms with Crippen LogP contribution in [0.2, 0.25) is 0 Å². The fourth-order valence-corrected chi connectivity index (χ4v) is 1.98. The predicted molar refractivity (Wildman–Crippen MR) is 70.1 cm³/mol. The molecule has 0 amide bonds. The van der Waals surface area contributed by atoms with Crippen molar-refractivity contribution in [3.05, 3.63) is 75.3 Å². The summed E-state index contributed by atoms with van der Waals surface area (Å²) in [6.07, 6.45) is 2.99. The van der Waals surface area contributed by atoms with Crippen LogP contribution in [-0.2, 0) is 6.54 Å². The lowest BCUT2D eigenvalue weighted by Crippen LogP contribution is -2.25. The largest absolute Gasteiger partial charge is 0.422 e. The quantitative estimate of drug-likeness (QED) is 0.693. The van der Waals surface area contributed by atoms with Gasteiger partial charge in [-0.05, 0) is 11.6 Å². The molecule has 5 nitrogen and oxygen atoms in total. The average Bonchev–Trinajstić information content (AvgIpc) is 2.45. The van der Waals surface area contributed by atoms with Gasteiger partial charge in [0, 0.05) is 6.20 Å². The molecular weight excluding hydrogens is 244 g/mol. The van der Waals surface area contributed by atoms with Crippen LogP contribution < -0.4 is 11.4 Å². The van der Waals surface area contributed by atoms with Crippen LogP contribution in [-0.4, -0.2) is 9.55 Å². The number of hydrogen-bond donors (Lipinski definition) is 0. The third-order valence-electron chi connectivity index (χ3n) is 2.89. The Bertz CT molecular complexity index is 834. The van der Waals surface area contributed by atoms with Crippen molar-refractivity contribution >= 4 is 10.9 Å². The van der Waals surface area contributed by atoms with Gasteiger partial charge in [-0.25, -0.2) is 9.59 Å². The van der Waals surface area contributed by atoms with Crippen LogP contribution in [0.1, 0.15) is 5.56 Å². The summed E-state index contributed by atoms with van der Waals surface area (Å²) in [5, 5.41) is 0.352. The van der Waals surface area contributed by atoms with Gasteiger partial charge in [0.25, 0.3) is 0 Å². The molecule has 0 radical (unpaired) electrons. The smallest absolute Gasteiger partial charge is 0.372 e. The van der Waals surface area contributed by atoms with E-state index in [0.717, 1.165) is 5.56 Å². The molecule has 0 unspecified atom stereocenters. The monoisotopic (exact) mass is 254 g/mol. The number of rotatable bonds is 2. The molecule has 1 aromatic carbocycles. The van der Waals surface area contributed by atoms with E-state index in [-0.39, 0.29) is 0 Å². The molecule has 2 aromatic heterocycles. The van der Waals surface area contributed by atoms with Crippen molar-refractivity contribution < 1.29 is 4.42 Å². The summed E-state index contributed by atoms with van der Waals surface area (Å²) >= 11 is 0. The fourth-order valence-electron chi connectivity index (χ4n) is 1.98. The summed E-state index contributed by atoms with van der Waals surface area (Å²) in [4.78, 5) is 27.4. The first-order chi connectivity index (χ1) is 9.25. The van der Waals surface area contributed by atoms with Crippen molar-refractivity contribution in [1.82, 2.24) is 9.55 Å². The zero-order valence-corrected chi connectivity index (χ0v) is 9.95. The van der Waals surface area contributed by atoms with E-state index in [4.69, 9.17) is 4.42 Å². The van der Waals surface area contributed by atoms with Gasteiger partial charge in [-0.1, -0.05) is 30.3 Å². The second-order valence-electron chi connectivity index (χ2n) is 4.12. The van der Waals surface area contributed by atoms with E-state index in [1.807, 2.05) is 30.3 Å². The van der Waals surface area contributed by atoms with E-state index in [0.29, 0.717) is 17.4 Å². The SMILES string of the molecule is O=c1oc(=O)n(Cc2ccccc2)c2cnccc12. The van der Waals surface area contributed by atoms with Gasteiger partial charge in [0.1, 0.15) is 0 Å². The Balaban J connectivity index is 2.24. The van der Waals surface area contributed by atoms with Crippen molar-refractivity contribution in [2.75, 3.05) is 0 Å². The number of aromatic nitrogens is 2. The maximum absolute atomic E-state index is 11.8. The molecule has 0 aliphatic rings. The van der Waals surface area contributed by atoms with Crippen LogP contribution in [0.4, 0.5) is 0 Å². The highest BCUT2D eigenvalue weighted by atomic mass is 16.4. The Morgan fingerprint density at radius 1 is 1.11 bits per heavy atom. The van der Waals surface area contributed by atoms with E-state index in [1.54, 1.807) is 6.07 Å². The number of pyridine rings is 1. The molecule has 0 atom stereocenters. The summed E-state index contributed by atoms with van der Waals surface area (Å²) < 4.78 is 6.12. The molecule has 2 heterocycles. The van der Waals surface area contributed by atoms with Gasteiger partial charge >= 0.3 is 11.4 Å². The van der Waals surface area contributed by atoms with Crippen molar-refractivity contribution in [1.29, 1.82) is 0 Å². The van der Waals surface area contributed by atoms with Gasteiger partial charge in [0.05, 0.1) is 23.6 Å². The lowest BCUT2D eigenvalue weighted by molar-refractivity contribution is 0.424. The average molecular weight is 254 g/mol. The van der Waals surface area contributed by atoms with Gasteiger partial charge < -0.3 is 4.42 Å². The first-order valence-electron chi connectivity index (χ1n) is 5.77. The molecule has 19 heavy (non-hydrogen) atoms. The summed E-state index contributed by atoms with van der Waals surface area (Å²) in [7, 11) is 0. The zero-order valence-electron chi connectivity index (χ0n) is 9.95. The lowest BCUT2D eigenvalue weighted by Gasteiger charge is -2.07. The molecule has 0 saturated carbocycles. The first kappa shape index (κ1) is 11.4. The summed E-state index contributed by atoms with van der Waals surface area (Å²) in [6, 6.07) is 11.0. The first-order valence-corrected chi connectivity index (χ1v) is 5.77. The molecule has 3 aromatic rings. The molecule has 0 bridgehead atoms. The molecule has 94 valence electrons. The highest BCUT2D eigenvalue weighted by Gasteiger charge is 2.09. The number of benzene rings is 1. The Kier molecular flexibility index (Phi) is 2.72. The molecule has 0 aliphatic heterocycles. The summed E-state index contributed by atoms with van der Waals surface area (Å²) in [6.45, 7) is 0.339. The van der Waals surface area contributed by atoms with E-state index < -0.39 is 11.4 Å². The van der Waals surface area contributed by atoms with Gasteiger partial charge in [-0.3, -0.25) is 9.55 Å². The normalized spacial score (nSPS) is 10.7. The maximum Gasteiger partial charge on any atom is 0.422 e. The number of hydrogen-bond acceptors (Lipinski definition) is 4. The Morgan fingerprint density at radius 3 is 2.68 bits per heavy atom. The highest BCUT2D eigenvalue weighted by Crippen LogP contribution is 2.08. The van der Waals surface area contributed by atoms with Crippen LogP contribution in [0.3, 0.4) is 0 Å². The van der Waals surface area contributed by atoms with Gasteiger partial charge in [-0.2, -0.15) is 0 Å². The third kappa shape index (κ3) is 2.06. The molecule has 5 heteroatoms. The molecule has 0 saturated heterocycles. The van der Waals surface area contributed by atoms with Gasteiger partial charge in [-0.15, -0.1) is 0 Å². The standard InChI is InChI=1S/C14H10N2O3/c17-13-11-6-7-15-8-12(11)16(14(18)19-13)9-10-4-2-1-3-5-10/h1-8H,9H2. The van der Waals surface area contributed by atoms with Crippen LogP contribution in [0, 0.1) is 0 Å². The molecule has 0 fully saturated rings. The second kappa shape index (κ2) is 4.53. The van der Waals surface area contributed by atoms with Gasteiger partial charge in [0.2, 0.25) is 0 Å². The molecule has 0 aliphatic carbocycles. The van der Waals surface area contributed by atoms with Crippen molar-refractivity contribution in [2.45, 2.75) is 6.54 Å². The van der Waals surface area contributed by atoms with Gasteiger partial charge in [0.15, 0.2) is 0 Å². The van der Waals surface area contributed by atoms with Crippen molar-refractivity contribution in [3.63, 3.8) is 0 Å². The van der Waals surface area contributed by atoms with E-state index in [9.17, 15) is 9.59 Å². The third-order valence-corrected chi connectivity index (χ3v) is 2.89. The Hall–Kier alpha value is -2.69. The summed E-state index contributed by atoms with van der Waals surface area (Å²) in [5.74, 6) is -0.672. The Labute approximate surface area is 107 Å². The second-order valence-corrected chi connectivity index (χ2v) is 4.12. The van der Waals surface area contributed by atoms with Crippen LogP contribution in [0.15, 0.2) is 62.8 Å².